The Morgan fingerprint density at radius 1 is 1.38 bits per heavy atom. The molecule has 2 atom stereocenters. The summed E-state index contributed by atoms with van der Waals surface area (Å²) in [7, 11) is 0. The summed E-state index contributed by atoms with van der Waals surface area (Å²) in [4.78, 5) is 8.53. The predicted octanol–water partition coefficient (Wildman–Crippen LogP) is 2.23. The maximum absolute atomic E-state index is 5.40. The van der Waals surface area contributed by atoms with Crippen LogP contribution in [0.4, 0.5) is 0 Å². The van der Waals surface area contributed by atoms with Crippen LogP contribution in [0.3, 0.4) is 0 Å². The molecule has 0 spiro atoms. The molecule has 1 aliphatic rings. The van der Waals surface area contributed by atoms with E-state index in [1.165, 1.54) is 12.8 Å². The first-order chi connectivity index (χ1) is 10.3. The summed E-state index contributed by atoms with van der Waals surface area (Å²) in [6.45, 7) is 4.55. The van der Waals surface area contributed by atoms with Crippen LogP contribution in [0.1, 0.15) is 37.0 Å². The van der Waals surface area contributed by atoms with Crippen molar-refractivity contribution < 1.29 is 4.52 Å². The van der Waals surface area contributed by atoms with Crippen molar-refractivity contribution in [3.8, 4) is 0 Å². The molecule has 0 aliphatic carbocycles. The number of rotatable bonds is 5. The molecule has 0 aromatic carbocycles. The number of nitrogens with zero attached hydrogens (tertiary/aromatic N) is 3. The molecule has 1 N–H and O–H groups in total. The lowest BCUT2D eigenvalue weighted by Gasteiger charge is -2.27. The Bertz CT molecular complexity index is 548. The molecule has 2 aromatic rings. The zero-order valence-electron chi connectivity index (χ0n) is 12.5. The molecule has 3 heterocycles. The maximum Gasteiger partial charge on any atom is 0.226 e. The molecule has 21 heavy (non-hydrogen) atoms. The molecule has 1 saturated heterocycles. The fourth-order valence-electron chi connectivity index (χ4n) is 2.93. The van der Waals surface area contributed by atoms with Crippen molar-refractivity contribution in [3.05, 3.63) is 41.8 Å². The van der Waals surface area contributed by atoms with Gasteiger partial charge in [0, 0.05) is 25.2 Å². The monoisotopic (exact) mass is 286 g/mol. The van der Waals surface area contributed by atoms with Crippen LogP contribution in [-0.4, -0.2) is 28.2 Å². The highest BCUT2D eigenvalue weighted by atomic mass is 16.5. The normalized spacial score (nSPS) is 20.3. The van der Waals surface area contributed by atoms with Crippen LogP contribution in [0.25, 0.3) is 0 Å². The molecular weight excluding hydrogens is 264 g/mol. The molecule has 0 bridgehead atoms. The number of piperidine rings is 1. The topological polar surface area (TPSA) is 63.8 Å². The van der Waals surface area contributed by atoms with Gasteiger partial charge in [-0.05, 0) is 55.5 Å². The number of nitrogens with one attached hydrogen (secondary N) is 1. The highest BCUT2D eigenvalue weighted by molar-refractivity contribution is 5.14. The average molecular weight is 286 g/mol. The van der Waals surface area contributed by atoms with Crippen molar-refractivity contribution >= 4 is 0 Å². The van der Waals surface area contributed by atoms with Gasteiger partial charge in [-0.2, -0.15) is 4.98 Å². The predicted molar refractivity (Wildman–Crippen MR) is 79.8 cm³/mol. The summed E-state index contributed by atoms with van der Waals surface area (Å²) in [5.41, 5.74) is 1.15. The van der Waals surface area contributed by atoms with Gasteiger partial charge in [0.15, 0.2) is 5.82 Å². The van der Waals surface area contributed by atoms with Crippen LogP contribution in [0.2, 0.25) is 0 Å². The zero-order valence-corrected chi connectivity index (χ0v) is 12.5. The molecule has 0 radical (unpaired) electrons. The highest BCUT2D eigenvalue weighted by Gasteiger charge is 2.22. The molecule has 0 saturated carbocycles. The lowest BCUT2D eigenvalue weighted by molar-refractivity contribution is 0.256. The second kappa shape index (κ2) is 6.80. The largest absolute Gasteiger partial charge is 0.339 e. The number of hydrogen-bond donors (Lipinski definition) is 1. The van der Waals surface area contributed by atoms with Crippen molar-refractivity contribution in [2.75, 3.05) is 13.1 Å². The van der Waals surface area contributed by atoms with Crippen LogP contribution in [0.5, 0.6) is 0 Å². The fraction of sp³-hybridized carbons (Fsp3) is 0.562. The van der Waals surface area contributed by atoms with E-state index in [1.807, 2.05) is 12.1 Å². The fourth-order valence-corrected chi connectivity index (χ4v) is 2.93. The minimum atomic E-state index is 0.576. The van der Waals surface area contributed by atoms with Crippen molar-refractivity contribution in [2.45, 2.75) is 32.6 Å². The second-order valence-electron chi connectivity index (χ2n) is 5.92. The van der Waals surface area contributed by atoms with Crippen LogP contribution >= 0.6 is 0 Å². The third-order valence-corrected chi connectivity index (χ3v) is 4.26. The molecule has 3 rings (SSSR count). The first-order valence-electron chi connectivity index (χ1n) is 7.72. The van der Waals surface area contributed by atoms with E-state index in [0.717, 1.165) is 36.8 Å². The standard InChI is InChI=1S/C16H22N4O/c1-12(14-3-2-6-18-11-14)9-16-19-15(20-21-16)10-13-4-7-17-8-5-13/h4-5,7-8,12,14,18H,2-3,6,9-11H2,1H3. The third-order valence-electron chi connectivity index (χ3n) is 4.26. The smallest absolute Gasteiger partial charge is 0.226 e. The summed E-state index contributed by atoms with van der Waals surface area (Å²) >= 11 is 0. The average Bonchev–Trinajstić information content (AvgIpc) is 2.96. The van der Waals surface area contributed by atoms with Gasteiger partial charge in [-0.3, -0.25) is 4.98 Å². The highest BCUT2D eigenvalue weighted by Crippen LogP contribution is 2.22. The summed E-state index contributed by atoms with van der Waals surface area (Å²) in [6, 6.07) is 3.96. The van der Waals surface area contributed by atoms with Gasteiger partial charge >= 0.3 is 0 Å². The number of pyridine rings is 1. The SMILES string of the molecule is CC(Cc1nc(Cc2ccncc2)no1)C1CCCNC1. The lowest BCUT2D eigenvalue weighted by Crippen LogP contribution is -2.33. The van der Waals surface area contributed by atoms with Crippen molar-refractivity contribution in [1.82, 2.24) is 20.4 Å². The Labute approximate surface area is 125 Å². The Balaban J connectivity index is 1.57. The summed E-state index contributed by atoms with van der Waals surface area (Å²) in [5.74, 6) is 2.81. The van der Waals surface area contributed by atoms with E-state index in [9.17, 15) is 0 Å². The van der Waals surface area contributed by atoms with Gasteiger partial charge in [0.05, 0.1) is 0 Å². The van der Waals surface area contributed by atoms with E-state index in [1.54, 1.807) is 12.4 Å². The third kappa shape index (κ3) is 3.88. The van der Waals surface area contributed by atoms with Gasteiger partial charge in [0.25, 0.3) is 0 Å². The molecular formula is C16H22N4O. The quantitative estimate of drug-likeness (QED) is 0.913. The van der Waals surface area contributed by atoms with Crippen LogP contribution < -0.4 is 5.32 Å². The first-order valence-corrected chi connectivity index (χ1v) is 7.72. The summed E-state index contributed by atoms with van der Waals surface area (Å²) in [5, 5.41) is 7.55. The molecule has 0 amide bonds. The van der Waals surface area contributed by atoms with Crippen LogP contribution in [0.15, 0.2) is 29.0 Å². The minimum absolute atomic E-state index is 0.576. The molecule has 5 nitrogen and oxygen atoms in total. The van der Waals surface area contributed by atoms with E-state index in [4.69, 9.17) is 4.52 Å². The van der Waals surface area contributed by atoms with Crippen LogP contribution in [0, 0.1) is 11.8 Å². The Morgan fingerprint density at radius 3 is 3.00 bits per heavy atom. The summed E-state index contributed by atoms with van der Waals surface area (Å²) < 4.78 is 5.40. The molecule has 2 unspecified atom stereocenters. The van der Waals surface area contributed by atoms with Gasteiger partial charge in [-0.1, -0.05) is 12.1 Å². The van der Waals surface area contributed by atoms with Crippen molar-refractivity contribution in [1.29, 1.82) is 0 Å². The lowest BCUT2D eigenvalue weighted by atomic mass is 9.85. The molecule has 1 aliphatic heterocycles. The first kappa shape index (κ1) is 14.2. The van der Waals surface area contributed by atoms with Gasteiger partial charge in [-0.25, -0.2) is 0 Å². The zero-order chi connectivity index (χ0) is 14.5. The van der Waals surface area contributed by atoms with Gasteiger partial charge in [0.2, 0.25) is 5.89 Å². The molecule has 2 aromatic heterocycles. The van der Waals surface area contributed by atoms with Crippen molar-refractivity contribution in [2.24, 2.45) is 11.8 Å². The Hall–Kier alpha value is -1.75. The van der Waals surface area contributed by atoms with Gasteiger partial charge < -0.3 is 9.84 Å². The Morgan fingerprint density at radius 2 is 2.24 bits per heavy atom. The minimum Gasteiger partial charge on any atom is -0.339 e. The Kier molecular flexibility index (Phi) is 4.60. The molecule has 1 fully saturated rings. The number of aromatic nitrogens is 3. The van der Waals surface area contributed by atoms with Gasteiger partial charge in [-0.15, -0.1) is 0 Å². The van der Waals surface area contributed by atoms with E-state index in [0.29, 0.717) is 18.3 Å². The van der Waals surface area contributed by atoms with E-state index in [-0.39, 0.29) is 0 Å². The van der Waals surface area contributed by atoms with Gasteiger partial charge in [0.1, 0.15) is 0 Å². The van der Waals surface area contributed by atoms with Crippen molar-refractivity contribution in [3.63, 3.8) is 0 Å². The summed E-state index contributed by atoms with van der Waals surface area (Å²) in [6.07, 6.45) is 7.71. The molecule has 5 heteroatoms. The van der Waals surface area contributed by atoms with E-state index >= 15 is 0 Å². The maximum atomic E-state index is 5.40. The second-order valence-corrected chi connectivity index (χ2v) is 5.92. The number of hydrogen-bond acceptors (Lipinski definition) is 5. The van der Waals surface area contributed by atoms with E-state index in [2.05, 4.69) is 27.4 Å². The van der Waals surface area contributed by atoms with Crippen LogP contribution in [-0.2, 0) is 12.8 Å². The molecule has 112 valence electrons. The van der Waals surface area contributed by atoms with E-state index < -0.39 is 0 Å².